The van der Waals surface area contributed by atoms with Crippen molar-refractivity contribution in [2.24, 2.45) is 0 Å². The lowest BCUT2D eigenvalue weighted by atomic mass is 10.1. The highest BCUT2D eigenvalue weighted by Crippen LogP contribution is 2.22. The van der Waals surface area contributed by atoms with Crippen molar-refractivity contribution in [1.29, 1.82) is 1.43 Å². The van der Waals surface area contributed by atoms with Crippen molar-refractivity contribution in [3.05, 3.63) is 0 Å². The van der Waals surface area contributed by atoms with E-state index in [0.717, 1.165) is 0 Å². The summed E-state index contributed by atoms with van der Waals surface area (Å²) < 4.78 is 23.8. The number of nitrogens with one attached hydrogen (secondary N) is 1. The maximum atomic E-state index is 11.6. The van der Waals surface area contributed by atoms with Gasteiger partial charge in [0.15, 0.2) is 0 Å². The molecule has 0 bridgehead atoms. The molecule has 20 heavy (non-hydrogen) atoms. The van der Waals surface area contributed by atoms with Crippen molar-refractivity contribution < 1.29 is 25.5 Å². The van der Waals surface area contributed by atoms with Crippen LogP contribution in [-0.2, 0) is 19.1 Å². The summed E-state index contributed by atoms with van der Waals surface area (Å²) in [5, 5.41) is 6.22. The summed E-state index contributed by atoms with van der Waals surface area (Å²) in [4.78, 5) is 23.0. The van der Waals surface area contributed by atoms with Gasteiger partial charge in [-0.25, -0.2) is 0 Å². The highest BCUT2D eigenvalue weighted by molar-refractivity contribution is 5.81. The van der Waals surface area contributed by atoms with Gasteiger partial charge in [0.05, 0.1) is 18.6 Å². The lowest BCUT2D eigenvalue weighted by molar-refractivity contribution is -0.152. The second kappa shape index (κ2) is 9.72. The Labute approximate surface area is 123 Å². The molecule has 1 aliphatic rings. The van der Waals surface area contributed by atoms with Crippen LogP contribution < -0.4 is 5.32 Å². The highest BCUT2D eigenvalue weighted by Gasteiger charge is 2.32. The summed E-state index contributed by atoms with van der Waals surface area (Å²) in [6.45, 7) is 5.71. The molecule has 0 aromatic carbocycles. The summed E-state index contributed by atoms with van der Waals surface area (Å²) in [5.41, 5.74) is 0. The van der Waals surface area contributed by atoms with Crippen LogP contribution in [0.3, 0.4) is 0 Å². The molecule has 1 unspecified atom stereocenters. The van der Waals surface area contributed by atoms with E-state index in [-0.39, 0.29) is 50.0 Å². The molecule has 1 heterocycles. The van der Waals surface area contributed by atoms with E-state index in [2.05, 4.69) is 10.4 Å². The molecule has 6 nitrogen and oxygen atoms in total. The van der Waals surface area contributed by atoms with E-state index in [4.69, 9.17) is 12.3 Å². The zero-order valence-electron chi connectivity index (χ0n) is 14.7. The van der Waals surface area contributed by atoms with Gasteiger partial charge in [-0.3, -0.25) is 9.59 Å². The molecular formula is C14H27NO5. The van der Waals surface area contributed by atoms with E-state index in [1.54, 1.807) is 0 Å². The van der Waals surface area contributed by atoms with Crippen molar-refractivity contribution in [2.75, 3.05) is 7.11 Å². The Morgan fingerprint density at radius 3 is 2.80 bits per heavy atom. The van der Waals surface area contributed by atoms with Gasteiger partial charge in [0, 0.05) is 27.4 Å². The van der Waals surface area contributed by atoms with E-state index in [0.29, 0.717) is 6.42 Å². The van der Waals surface area contributed by atoms with Crippen LogP contribution in [0, 0.1) is 0 Å². The molecule has 6 heteroatoms. The lowest BCUT2D eigenvalue weighted by Crippen LogP contribution is -2.31. The van der Waals surface area contributed by atoms with Gasteiger partial charge in [0.25, 0.3) is 0 Å². The molecule has 3 atom stereocenters. The van der Waals surface area contributed by atoms with E-state index in [1.165, 1.54) is 7.11 Å². The first-order valence-electron chi connectivity index (χ1n) is 7.88. The van der Waals surface area contributed by atoms with Crippen LogP contribution in [0.1, 0.15) is 48.3 Å². The number of esters is 1. The minimum atomic E-state index is -0.403. The number of hydrogen-bond donors (Lipinski definition) is 2. The molecule has 1 rings (SSSR count). The molecule has 1 fully saturated rings. The number of aliphatic hydroxyl groups is 1. The predicted octanol–water partition coefficient (Wildman–Crippen LogP) is 1.01. The number of amides is 1. The van der Waals surface area contributed by atoms with Gasteiger partial charge in [-0.1, -0.05) is 0 Å². The van der Waals surface area contributed by atoms with E-state index in [9.17, 15) is 9.59 Å². The monoisotopic (exact) mass is 292 g/mol. The van der Waals surface area contributed by atoms with Crippen LogP contribution in [0.2, 0.25) is 0 Å². The third-order valence-corrected chi connectivity index (χ3v) is 2.67. The number of carbonyl (C=O) groups excluding carboxylic acids is 2. The molecule has 0 radical (unpaired) electrons. The smallest absolute Gasteiger partial charge is 0.306 e. The molecule has 2 N–H and O–H groups in total. The number of carbonyl (C=O) groups is 2. The quantitative estimate of drug-likeness (QED) is 0.739. The molecule has 118 valence electrons. The predicted molar refractivity (Wildman–Crippen MR) is 75.2 cm³/mol. The zero-order valence-corrected chi connectivity index (χ0v) is 12.7. The summed E-state index contributed by atoms with van der Waals surface area (Å²) in [5.74, 6) is -0.555. The molecule has 1 saturated heterocycles. The molecule has 0 aliphatic carbocycles. The Morgan fingerprint density at radius 2 is 2.25 bits per heavy atom. The van der Waals surface area contributed by atoms with Gasteiger partial charge in [-0.2, -0.15) is 0 Å². The average Bonchev–Trinajstić information content (AvgIpc) is 2.76. The molecule has 0 saturated carbocycles. The van der Waals surface area contributed by atoms with Gasteiger partial charge in [-0.05, 0) is 27.7 Å². The van der Waals surface area contributed by atoms with Crippen LogP contribution in [0.15, 0.2) is 0 Å². The number of rotatable bonds is 5. The lowest BCUT2D eigenvalue weighted by Gasteiger charge is -2.15. The Kier molecular flexibility index (Phi) is 7.41. The summed E-state index contributed by atoms with van der Waals surface area (Å²) >= 11 is 0. The second-order valence-corrected chi connectivity index (χ2v) is 4.97. The Bertz CT molecular complexity index is 341. The summed E-state index contributed by atoms with van der Waals surface area (Å²) in [6, 6.07) is 0.0697. The van der Waals surface area contributed by atoms with E-state index in [1.807, 2.05) is 20.8 Å². The molecule has 0 aromatic heterocycles. The van der Waals surface area contributed by atoms with E-state index < -0.39 is 5.97 Å². The first kappa shape index (κ1) is 15.3. The summed E-state index contributed by atoms with van der Waals surface area (Å²) in [6.07, 6.45) is 0.127. The van der Waals surface area contributed by atoms with Crippen LogP contribution >= 0.6 is 0 Å². The fourth-order valence-electron chi connectivity index (χ4n) is 1.88. The molecular weight excluding hydrogens is 262 g/mol. The maximum absolute atomic E-state index is 11.6. The minimum absolute atomic E-state index is 0.0115. The van der Waals surface area contributed by atoms with Crippen molar-refractivity contribution in [3.8, 4) is 0 Å². The van der Waals surface area contributed by atoms with Crippen molar-refractivity contribution in [3.63, 3.8) is 0 Å². The van der Waals surface area contributed by atoms with Gasteiger partial charge in [-0.15, -0.1) is 0 Å². The van der Waals surface area contributed by atoms with Crippen LogP contribution in [0.5, 0.6) is 0 Å². The Hall–Kier alpha value is -1.14. The van der Waals surface area contributed by atoms with Gasteiger partial charge in [0.1, 0.15) is 6.10 Å². The number of aliphatic hydroxyl groups excluding tert-OH is 1. The standard InChI is InChI=1S/C13H23NO4.CH4O/c1-8(2)14-12(15)5-6-13(16)18-11-7-9(3)17-10(11)4;1-2/h8-11H,5-7H2,1-4H3,(H,14,15);2H,1H3/t9-,10+,11?;/m0./s1/i4D;2T. The number of hydrogen-bond acceptors (Lipinski definition) is 5. The average molecular weight is 292 g/mol. The minimum Gasteiger partial charge on any atom is -0.459 e. The Morgan fingerprint density at radius 1 is 1.60 bits per heavy atom. The summed E-state index contributed by atoms with van der Waals surface area (Å²) in [7, 11) is 1.29. The first-order chi connectivity index (χ1) is 10.3. The van der Waals surface area contributed by atoms with Gasteiger partial charge >= 0.3 is 5.97 Å². The second-order valence-electron chi connectivity index (χ2n) is 4.97. The third-order valence-electron chi connectivity index (χ3n) is 2.67. The topological polar surface area (TPSA) is 84.9 Å². The van der Waals surface area contributed by atoms with Crippen LogP contribution in [-0.4, -0.2) is 49.9 Å². The third kappa shape index (κ3) is 7.45. The highest BCUT2D eigenvalue weighted by atomic mass is 16.6. The zero-order chi connectivity index (χ0) is 17.1. The fourth-order valence-corrected chi connectivity index (χ4v) is 1.88. The molecule has 1 amide bonds. The van der Waals surface area contributed by atoms with Crippen molar-refractivity contribution in [2.45, 2.75) is 71.3 Å². The maximum Gasteiger partial charge on any atom is 0.306 e. The molecule has 0 aromatic rings. The van der Waals surface area contributed by atoms with Crippen LogP contribution in [0.25, 0.3) is 0 Å². The van der Waals surface area contributed by atoms with Crippen molar-refractivity contribution >= 4 is 11.9 Å². The fraction of sp³-hybridized carbons (Fsp3) is 0.857. The van der Waals surface area contributed by atoms with Gasteiger partial charge in [0.2, 0.25) is 7.34 Å². The van der Waals surface area contributed by atoms with E-state index >= 15 is 0 Å². The molecule has 0 spiro atoms. The van der Waals surface area contributed by atoms with Gasteiger partial charge < -0.3 is 19.9 Å². The van der Waals surface area contributed by atoms with Crippen LogP contribution in [0.4, 0.5) is 0 Å². The molecule has 1 aliphatic heterocycles. The Balaban J connectivity index is 0.00000135. The SMILES string of the molecule is [2H]C[C@H]1O[C@@H](C)CC1OC(=O)CCC(=O)NC(C)C.[3H]OC. The van der Waals surface area contributed by atoms with Crippen molar-refractivity contribution in [1.82, 2.24) is 5.32 Å². The largest absolute Gasteiger partial charge is 0.459 e. The first-order valence-corrected chi connectivity index (χ1v) is 6.76. The number of ether oxygens (including phenoxy) is 2. The normalized spacial score (nSPS) is 26.1.